The van der Waals surface area contributed by atoms with Crippen LogP contribution >= 0.6 is 11.8 Å². The highest BCUT2D eigenvalue weighted by Gasteiger charge is 2.13. The lowest BCUT2D eigenvalue weighted by atomic mass is 10.1. The summed E-state index contributed by atoms with van der Waals surface area (Å²) in [6, 6.07) is 21.2. The molecule has 4 aromatic rings. The van der Waals surface area contributed by atoms with Crippen molar-refractivity contribution in [1.82, 2.24) is 9.66 Å². The Kier molecular flexibility index (Phi) is 5.44. The third-order valence-electron chi connectivity index (χ3n) is 4.21. The van der Waals surface area contributed by atoms with Gasteiger partial charge in [-0.15, -0.1) is 0 Å². The second kappa shape index (κ2) is 8.32. The highest BCUT2D eigenvalue weighted by Crippen LogP contribution is 2.28. The quantitative estimate of drug-likeness (QED) is 0.413. The number of halogens is 2. The third kappa shape index (κ3) is 4.38. The number of carbonyl (C=O) groups excluding carboxylic acids is 1. The molecular formula is C21H16F2N4OS. The van der Waals surface area contributed by atoms with Crippen LogP contribution in [0.25, 0.3) is 11.0 Å². The Morgan fingerprint density at radius 3 is 2.48 bits per heavy atom. The number of thioether (sulfide) groups is 1. The maximum Gasteiger partial charge on any atom is 0.288 e. The molecule has 0 aliphatic rings. The molecule has 1 amide bonds. The normalized spacial score (nSPS) is 11.0. The largest absolute Gasteiger partial charge is 0.355 e. The molecule has 4 rings (SSSR count). The summed E-state index contributed by atoms with van der Waals surface area (Å²) >= 11 is 0.491. The molecule has 146 valence electrons. The minimum absolute atomic E-state index is 0.305. The molecule has 0 bridgehead atoms. The summed E-state index contributed by atoms with van der Waals surface area (Å²) in [6.45, 7) is 0. The summed E-state index contributed by atoms with van der Waals surface area (Å²) in [7, 11) is 0. The zero-order chi connectivity index (χ0) is 20.2. The van der Waals surface area contributed by atoms with Crippen LogP contribution < -0.4 is 10.7 Å². The average Bonchev–Trinajstić information content (AvgIpc) is 3.12. The average molecular weight is 410 g/mol. The van der Waals surface area contributed by atoms with Gasteiger partial charge in [-0.05, 0) is 48.5 Å². The fourth-order valence-electron chi connectivity index (χ4n) is 2.88. The fourth-order valence-corrected chi connectivity index (χ4v) is 3.38. The van der Waals surface area contributed by atoms with E-state index in [-0.39, 0.29) is 5.91 Å². The SMILES string of the molecule is O=C(Nn1cnc2ccccc21)c1ccccc1Nc1ccc(SC(F)F)cc1. The summed E-state index contributed by atoms with van der Waals surface area (Å²) in [5, 5.41) is 3.17. The van der Waals surface area contributed by atoms with Crippen LogP contribution in [0.2, 0.25) is 0 Å². The van der Waals surface area contributed by atoms with Crippen LogP contribution in [0.15, 0.2) is 84.0 Å². The third-order valence-corrected chi connectivity index (χ3v) is 4.93. The van der Waals surface area contributed by atoms with Gasteiger partial charge in [0.2, 0.25) is 0 Å². The van der Waals surface area contributed by atoms with Gasteiger partial charge in [0.25, 0.3) is 11.7 Å². The van der Waals surface area contributed by atoms with Crippen molar-refractivity contribution in [3.63, 3.8) is 0 Å². The number of para-hydroxylation sites is 3. The summed E-state index contributed by atoms with van der Waals surface area (Å²) in [4.78, 5) is 17.6. The van der Waals surface area contributed by atoms with E-state index in [0.717, 1.165) is 11.0 Å². The van der Waals surface area contributed by atoms with Crippen LogP contribution in [0.4, 0.5) is 20.2 Å². The Hall–Kier alpha value is -3.39. The number of alkyl halides is 2. The van der Waals surface area contributed by atoms with Crippen LogP contribution in [-0.4, -0.2) is 21.3 Å². The number of anilines is 2. The van der Waals surface area contributed by atoms with Crippen molar-refractivity contribution in [3.05, 3.63) is 84.7 Å². The van der Waals surface area contributed by atoms with E-state index < -0.39 is 5.76 Å². The molecule has 1 heterocycles. The second-order valence-corrected chi connectivity index (χ2v) is 7.18. The van der Waals surface area contributed by atoms with Gasteiger partial charge in [-0.25, -0.2) is 9.66 Å². The van der Waals surface area contributed by atoms with Crippen molar-refractivity contribution in [1.29, 1.82) is 0 Å². The van der Waals surface area contributed by atoms with Crippen molar-refractivity contribution in [2.75, 3.05) is 10.7 Å². The van der Waals surface area contributed by atoms with Crippen LogP contribution in [0.1, 0.15) is 10.4 Å². The number of hydrogen-bond donors (Lipinski definition) is 2. The van der Waals surface area contributed by atoms with Crippen LogP contribution in [0.5, 0.6) is 0 Å². The first-order valence-corrected chi connectivity index (χ1v) is 9.62. The molecule has 0 atom stereocenters. The standard InChI is InChI=1S/C21H16F2N4OS/c22-21(23)29-15-11-9-14(10-12-15)25-17-6-2-1-5-16(17)20(28)26-27-13-24-18-7-3-4-8-19(18)27/h1-13,21,25H,(H,26,28). The Balaban J connectivity index is 1.54. The highest BCUT2D eigenvalue weighted by molar-refractivity contribution is 7.99. The van der Waals surface area contributed by atoms with Crippen molar-refractivity contribution >= 4 is 40.1 Å². The zero-order valence-corrected chi connectivity index (χ0v) is 15.9. The number of fused-ring (bicyclic) bond motifs is 1. The molecule has 2 N–H and O–H groups in total. The number of rotatable bonds is 6. The second-order valence-electron chi connectivity index (χ2n) is 6.12. The minimum Gasteiger partial charge on any atom is -0.355 e. The molecule has 0 aliphatic heterocycles. The maximum absolute atomic E-state index is 12.9. The number of aromatic nitrogens is 2. The maximum atomic E-state index is 12.9. The molecule has 0 unspecified atom stereocenters. The van der Waals surface area contributed by atoms with Gasteiger partial charge in [0.05, 0.1) is 22.3 Å². The van der Waals surface area contributed by atoms with Gasteiger partial charge < -0.3 is 5.32 Å². The van der Waals surface area contributed by atoms with E-state index in [9.17, 15) is 13.6 Å². The zero-order valence-electron chi connectivity index (χ0n) is 15.0. The first kappa shape index (κ1) is 18.9. The van der Waals surface area contributed by atoms with Crippen molar-refractivity contribution < 1.29 is 13.6 Å². The molecule has 0 saturated carbocycles. The molecule has 29 heavy (non-hydrogen) atoms. The molecule has 0 spiro atoms. The van der Waals surface area contributed by atoms with Gasteiger partial charge in [-0.2, -0.15) is 8.78 Å². The van der Waals surface area contributed by atoms with Crippen molar-refractivity contribution in [2.24, 2.45) is 0 Å². The van der Waals surface area contributed by atoms with Crippen LogP contribution in [-0.2, 0) is 0 Å². The lowest BCUT2D eigenvalue weighted by molar-refractivity contribution is 0.101. The Morgan fingerprint density at radius 1 is 0.966 bits per heavy atom. The Labute approximate surface area is 169 Å². The van der Waals surface area contributed by atoms with Gasteiger partial charge in [0, 0.05) is 10.6 Å². The van der Waals surface area contributed by atoms with Gasteiger partial charge >= 0.3 is 0 Å². The van der Waals surface area contributed by atoms with Gasteiger partial charge in [-0.3, -0.25) is 10.2 Å². The number of carbonyl (C=O) groups is 1. The summed E-state index contributed by atoms with van der Waals surface area (Å²) in [5.41, 5.74) is 6.13. The predicted octanol–water partition coefficient (Wildman–Crippen LogP) is 5.48. The topological polar surface area (TPSA) is 59.0 Å². The van der Waals surface area contributed by atoms with E-state index in [1.807, 2.05) is 30.3 Å². The molecule has 5 nitrogen and oxygen atoms in total. The number of benzene rings is 3. The number of nitrogens with one attached hydrogen (secondary N) is 2. The Bertz CT molecular complexity index is 1140. The lowest BCUT2D eigenvalue weighted by Gasteiger charge is -2.13. The monoisotopic (exact) mass is 410 g/mol. The van der Waals surface area contributed by atoms with E-state index in [0.29, 0.717) is 33.6 Å². The summed E-state index contributed by atoms with van der Waals surface area (Å²) in [6.07, 6.45) is 1.55. The number of imidazole rings is 1. The van der Waals surface area contributed by atoms with E-state index >= 15 is 0 Å². The summed E-state index contributed by atoms with van der Waals surface area (Å²) < 4.78 is 26.5. The molecule has 3 aromatic carbocycles. The number of nitrogens with zero attached hydrogens (tertiary/aromatic N) is 2. The van der Waals surface area contributed by atoms with E-state index in [1.165, 1.54) is 0 Å². The van der Waals surface area contributed by atoms with E-state index in [1.54, 1.807) is 53.5 Å². The van der Waals surface area contributed by atoms with E-state index in [2.05, 4.69) is 15.7 Å². The van der Waals surface area contributed by atoms with Gasteiger partial charge in [-0.1, -0.05) is 36.0 Å². The molecule has 1 aromatic heterocycles. The van der Waals surface area contributed by atoms with Gasteiger partial charge in [0.1, 0.15) is 6.33 Å². The smallest absolute Gasteiger partial charge is 0.288 e. The van der Waals surface area contributed by atoms with Crippen molar-refractivity contribution in [2.45, 2.75) is 10.7 Å². The first-order chi connectivity index (χ1) is 14.1. The fraction of sp³-hybridized carbons (Fsp3) is 0.0476. The van der Waals surface area contributed by atoms with E-state index in [4.69, 9.17) is 0 Å². The minimum atomic E-state index is -2.46. The molecule has 8 heteroatoms. The highest BCUT2D eigenvalue weighted by atomic mass is 32.2. The molecule has 0 fully saturated rings. The summed E-state index contributed by atoms with van der Waals surface area (Å²) in [5.74, 6) is -2.77. The predicted molar refractivity (Wildman–Crippen MR) is 111 cm³/mol. The van der Waals surface area contributed by atoms with Gasteiger partial charge in [0.15, 0.2) is 0 Å². The van der Waals surface area contributed by atoms with Crippen molar-refractivity contribution in [3.8, 4) is 0 Å². The first-order valence-electron chi connectivity index (χ1n) is 8.74. The number of hydrogen-bond acceptors (Lipinski definition) is 4. The molecule has 0 radical (unpaired) electrons. The number of amides is 1. The Morgan fingerprint density at radius 2 is 1.69 bits per heavy atom. The lowest BCUT2D eigenvalue weighted by Crippen LogP contribution is -2.22. The molecule has 0 saturated heterocycles. The molecular weight excluding hydrogens is 394 g/mol. The van der Waals surface area contributed by atoms with Crippen LogP contribution in [0.3, 0.4) is 0 Å². The van der Waals surface area contributed by atoms with Crippen LogP contribution in [0, 0.1) is 0 Å². The molecule has 0 aliphatic carbocycles.